The molecule has 7 nitrogen and oxygen atoms in total. The number of anilines is 1. The molecule has 0 saturated heterocycles. The van der Waals surface area contributed by atoms with Crippen LogP contribution in [0, 0.1) is 13.8 Å². The fourth-order valence-electron chi connectivity index (χ4n) is 3.46. The summed E-state index contributed by atoms with van der Waals surface area (Å²) in [5.41, 5.74) is 3.21. The van der Waals surface area contributed by atoms with Crippen molar-refractivity contribution in [3.8, 4) is 11.5 Å². The van der Waals surface area contributed by atoms with Crippen molar-refractivity contribution >= 4 is 32.6 Å². The fourth-order valence-corrected chi connectivity index (χ4v) is 4.64. The molecule has 0 bridgehead atoms. The van der Waals surface area contributed by atoms with Gasteiger partial charge in [0.2, 0.25) is 0 Å². The standard InChI is InChI=1S/C24H26N4O3S/c1-4-30-19-6-8-20(9-7-19)31-16-22(29)28(13-12-27-11-5-10-25-27)24-26-23-18(3)14-17(2)15-21(23)32-24/h5-11,14-15H,4,12-13,16H2,1-3H3. The van der Waals surface area contributed by atoms with E-state index in [4.69, 9.17) is 14.5 Å². The lowest BCUT2D eigenvalue weighted by Gasteiger charge is -2.20. The summed E-state index contributed by atoms with van der Waals surface area (Å²) < 4.78 is 14.1. The molecule has 0 unspecified atom stereocenters. The summed E-state index contributed by atoms with van der Waals surface area (Å²) in [6.45, 7) is 7.58. The molecule has 4 aromatic rings. The molecular formula is C24H26N4O3S. The molecule has 2 heterocycles. The summed E-state index contributed by atoms with van der Waals surface area (Å²) in [6, 6.07) is 13.3. The van der Waals surface area contributed by atoms with E-state index in [1.165, 1.54) is 16.9 Å². The SMILES string of the molecule is CCOc1ccc(OCC(=O)N(CCn2cccn2)c2nc3c(C)cc(C)cc3s2)cc1. The van der Waals surface area contributed by atoms with Crippen LogP contribution in [0.2, 0.25) is 0 Å². The second-order valence-corrected chi connectivity index (χ2v) is 8.44. The van der Waals surface area contributed by atoms with Crippen LogP contribution in [0.25, 0.3) is 10.2 Å². The van der Waals surface area contributed by atoms with Crippen LogP contribution in [-0.2, 0) is 11.3 Å². The predicted molar refractivity (Wildman–Crippen MR) is 127 cm³/mol. The maximum absolute atomic E-state index is 13.2. The second-order valence-electron chi connectivity index (χ2n) is 7.43. The first-order valence-electron chi connectivity index (χ1n) is 10.5. The average molecular weight is 451 g/mol. The highest BCUT2D eigenvalue weighted by Gasteiger charge is 2.21. The van der Waals surface area contributed by atoms with Crippen molar-refractivity contribution in [2.75, 3.05) is 24.7 Å². The minimum atomic E-state index is -0.153. The van der Waals surface area contributed by atoms with Crippen LogP contribution >= 0.6 is 11.3 Å². The summed E-state index contributed by atoms with van der Waals surface area (Å²) in [4.78, 5) is 19.7. The van der Waals surface area contributed by atoms with Crippen molar-refractivity contribution in [3.63, 3.8) is 0 Å². The lowest BCUT2D eigenvalue weighted by Crippen LogP contribution is -2.37. The van der Waals surface area contributed by atoms with Gasteiger partial charge in [-0.1, -0.05) is 17.4 Å². The molecule has 0 spiro atoms. The Morgan fingerprint density at radius 2 is 1.88 bits per heavy atom. The summed E-state index contributed by atoms with van der Waals surface area (Å²) in [7, 11) is 0. The summed E-state index contributed by atoms with van der Waals surface area (Å²) in [6.07, 6.45) is 3.61. The van der Waals surface area contributed by atoms with Gasteiger partial charge < -0.3 is 9.47 Å². The summed E-state index contributed by atoms with van der Waals surface area (Å²) in [5, 5.41) is 4.91. The zero-order valence-electron chi connectivity index (χ0n) is 18.4. The molecule has 4 rings (SSSR count). The van der Waals surface area contributed by atoms with Gasteiger partial charge in [-0.15, -0.1) is 0 Å². The lowest BCUT2D eigenvalue weighted by atomic mass is 10.1. The largest absolute Gasteiger partial charge is 0.494 e. The zero-order chi connectivity index (χ0) is 22.5. The van der Waals surface area contributed by atoms with Gasteiger partial charge in [0.15, 0.2) is 11.7 Å². The molecule has 2 aromatic carbocycles. The Hall–Kier alpha value is -3.39. The predicted octanol–water partition coefficient (Wildman–Crippen LogP) is 4.62. The van der Waals surface area contributed by atoms with Gasteiger partial charge in [-0.05, 0) is 68.3 Å². The fraction of sp³-hybridized carbons (Fsp3) is 0.292. The van der Waals surface area contributed by atoms with E-state index in [0.29, 0.717) is 30.6 Å². The van der Waals surface area contributed by atoms with Crippen molar-refractivity contribution in [2.45, 2.75) is 27.3 Å². The third kappa shape index (κ3) is 5.08. The average Bonchev–Trinajstić information content (AvgIpc) is 3.44. The molecule has 2 aromatic heterocycles. The molecule has 166 valence electrons. The monoisotopic (exact) mass is 450 g/mol. The highest BCUT2D eigenvalue weighted by atomic mass is 32.1. The van der Waals surface area contributed by atoms with Crippen molar-refractivity contribution < 1.29 is 14.3 Å². The Morgan fingerprint density at radius 3 is 2.56 bits per heavy atom. The first-order valence-corrected chi connectivity index (χ1v) is 11.4. The van der Waals surface area contributed by atoms with Gasteiger partial charge in [0.25, 0.3) is 5.91 Å². The smallest absolute Gasteiger partial charge is 0.266 e. The molecule has 0 aliphatic rings. The number of nitrogens with zero attached hydrogens (tertiary/aromatic N) is 4. The number of thiazole rings is 1. The highest BCUT2D eigenvalue weighted by molar-refractivity contribution is 7.22. The number of benzene rings is 2. The molecule has 32 heavy (non-hydrogen) atoms. The van der Waals surface area contributed by atoms with Gasteiger partial charge in [0.05, 0.1) is 23.4 Å². The number of aromatic nitrogens is 3. The Bertz CT molecular complexity index is 1190. The van der Waals surface area contributed by atoms with Crippen LogP contribution in [-0.4, -0.2) is 40.4 Å². The summed E-state index contributed by atoms with van der Waals surface area (Å²) >= 11 is 1.52. The van der Waals surface area contributed by atoms with E-state index in [1.54, 1.807) is 27.9 Å². The number of hydrogen-bond donors (Lipinski definition) is 0. The first-order chi connectivity index (χ1) is 15.5. The lowest BCUT2D eigenvalue weighted by molar-refractivity contribution is -0.120. The maximum atomic E-state index is 13.2. The molecule has 8 heteroatoms. The van der Waals surface area contributed by atoms with Gasteiger partial charge in [-0.25, -0.2) is 4.98 Å². The van der Waals surface area contributed by atoms with Gasteiger partial charge in [-0.2, -0.15) is 5.10 Å². The Kier molecular flexibility index (Phi) is 6.70. The molecular weight excluding hydrogens is 424 g/mol. The summed E-state index contributed by atoms with van der Waals surface area (Å²) in [5.74, 6) is 1.23. The topological polar surface area (TPSA) is 69.5 Å². The van der Waals surface area contributed by atoms with E-state index < -0.39 is 0 Å². The molecule has 0 N–H and O–H groups in total. The third-order valence-electron chi connectivity index (χ3n) is 4.96. The quantitative estimate of drug-likeness (QED) is 0.372. The van der Waals surface area contributed by atoms with Gasteiger partial charge in [0.1, 0.15) is 11.5 Å². The van der Waals surface area contributed by atoms with Crippen LogP contribution in [0.5, 0.6) is 11.5 Å². The number of ether oxygens (including phenoxy) is 2. The van der Waals surface area contributed by atoms with E-state index in [0.717, 1.165) is 21.5 Å². The van der Waals surface area contributed by atoms with Gasteiger partial charge in [-0.3, -0.25) is 14.4 Å². The number of hydrogen-bond acceptors (Lipinski definition) is 6. The molecule has 0 saturated carbocycles. The number of amides is 1. The third-order valence-corrected chi connectivity index (χ3v) is 5.98. The van der Waals surface area contributed by atoms with Crippen LogP contribution < -0.4 is 14.4 Å². The molecule has 0 aliphatic carbocycles. The molecule has 0 aliphatic heterocycles. The minimum Gasteiger partial charge on any atom is -0.494 e. The number of fused-ring (bicyclic) bond motifs is 1. The number of carbonyl (C=O) groups is 1. The van der Waals surface area contributed by atoms with Crippen molar-refractivity contribution in [2.24, 2.45) is 0 Å². The van der Waals surface area contributed by atoms with Crippen LogP contribution in [0.4, 0.5) is 5.13 Å². The molecule has 0 fully saturated rings. The van der Waals surface area contributed by atoms with Gasteiger partial charge in [0, 0.05) is 18.9 Å². The number of rotatable bonds is 9. The number of aryl methyl sites for hydroxylation is 2. The van der Waals surface area contributed by atoms with Gasteiger partial charge >= 0.3 is 0 Å². The maximum Gasteiger partial charge on any atom is 0.266 e. The van der Waals surface area contributed by atoms with Crippen LogP contribution in [0.1, 0.15) is 18.1 Å². The highest BCUT2D eigenvalue weighted by Crippen LogP contribution is 2.32. The zero-order valence-corrected chi connectivity index (χ0v) is 19.3. The first kappa shape index (κ1) is 21.8. The van der Waals surface area contributed by atoms with E-state index in [2.05, 4.69) is 24.2 Å². The normalized spacial score (nSPS) is 11.0. The van der Waals surface area contributed by atoms with Crippen molar-refractivity contribution in [1.82, 2.24) is 14.8 Å². The Labute approximate surface area is 191 Å². The number of carbonyl (C=O) groups excluding carboxylic acids is 1. The second kappa shape index (κ2) is 9.82. The minimum absolute atomic E-state index is 0.0823. The van der Waals surface area contributed by atoms with Crippen molar-refractivity contribution in [3.05, 3.63) is 66.0 Å². The Balaban J connectivity index is 1.53. The van der Waals surface area contributed by atoms with Crippen LogP contribution in [0.15, 0.2) is 54.9 Å². The molecule has 0 atom stereocenters. The van der Waals surface area contributed by atoms with Crippen LogP contribution in [0.3, 0.4) is 0 Å². The molecule has 0 radical (unpaired) electrons. The van der Waals surface area contributed by atoms with E-state index in [9.17, 15) is 4.79 Å². The van der Waals surface area contributed by atoms with Crippen molar-refractivity contribution in [1.29, 1.82) is 0 Å². The van der Waals surface area contributed by atoms with E-state index in [1.807, 2.05) is 38.2 Å². The van der Waals surface area contributed by atoms with E-state index in [-0.39, 0.29) is 12.5 Å². The Morgan fingerprint density at radius 1 is 1.12 bits per heavy atom. The van der Waals surface area contributed by atoms with E-state index >= 15 is 0 Å². The molecule has 1 amide bonds.